The number of hydrogen-bond acceptors (Lipinski definition) is 1. The van der Waals surface area contributed by atoms with Crippen LogP contribution >= 0.6 is 15.9 Å². The molecule has 0 saturated carbocycles. The van der Waals surface area contributed by atoms with E-state index in [1.54, 1.807) is 6.07 Å². The largest absolute Gasteiger partial charge is 0.416 e. The van der Waals surface area contributed by atoms with E-state index in [-0.39, 0.29) is 6.10 Å². The van der Waals surface area contributed by atoms with Gasteiger partial charge in [-0.05, 0) is 23.8 Å². The fourth-order valence-electron chi connectivity index (χ4n) is 1.20. The van der Waals surface area contributed by atoms with Gasteiger partial charge in [0, 0.05) is 4.47 Å². The Labute approximate surface area is 87.0 Å². The molecule has 0 bridgehead atoms. The molecule has 76 valence electrons. The third-order valence-corrected chi connectivity index (χ3v) is 2.41. The highest BCUT2D eigenvalue weighted by molar-refractivity contribution is 9.10. The zero-order chi connectivity index (χ0) is 10.3. The van der Waals surface area contributed by atoms with Gasteiger partial charge in [-0.2, -0.15) is 13.2 Å². The van der Waals surface area contributed by atoms with E-state index < -0.39 is 11.7 Å². The van der Waals surface area contributed by atoms with Gasteiger partial charge in [-0.3, -0.25) is 0 Å². The van der Waals surface area contributed by atoms with Crippen LogP contribution in [0.5, 0.6) is 0 Å². The van der Waals surface area contributed by atoms with Gasteiger partial charge in [0.2, 0.25) is 0 Å². The van der Waals surface area contributed by atoms with E-state index in [9.17, 15) is 13.2 Å². The molecular weight excluding hydrogens is 261 g/mol. The molecule has 5 heteroatoms. The number of rotatable bonds is 1. The standard InChI is InChI=1S/C9H6BrF3O/c10-7-2-5(8-4-14-8)1-6(3-7)9(11,12)13/h1-3,8H,4H2/t8-/m0/s1. The average molecular weight is 267 g/mol. The summed E-state index contributed by atoms with van der Waals surface area (Å²) in [5, 5.41) is 0. The van der Waals surface area contributed by atoms with Gasteiger partial charge in [0.1, 0.15) is 6.10 Å². The van der Waals surface area contributed by atoms with Gasteiger partial charge in [-0.25, -0.2) is 0 Å². The Hall–Kier alpha value is -0.550. The van der Waals surface area contributed by atoms with Gasteiger partial charge < -0.3 is 4.74 Å². The van der Waals surface area contributed by atoms with E-state index in [1.165, 1.54) is 0 Å². The zero-order valence-corrected chi connectivity index (χ0v) is 8.52. The first-order valence-corrected chi connectivity index (χ1v) is 4.75. The molecule has 1 atom stereocenters. The number of ether oxygens (including phenoxy) is 1. The van der Waals surface area contributed by atoms with Gasteiger partial charge in [-0.1, -0.05) is 15.9 Å². The SMILES string of the molecule is FC(F)(F)c1cc(Br)cc([C@@H]2CO2)c1. The summed E-state index contributed by atoms with van der Waals surface area (Å²) in [7, 11) is 0. The number of hydrogen-bond donors (Lipinski definition) is 0. The van der Waals surface area contributed by atoms with Crippen molar-refractivity contribution in [3.8, 4) is 0 Å². The number of alkyl halides is 3. The van der Waals surface area contributed by atoms with Crippen LogP contribution in [0.25, 0.3) is 0 Å². The van der Waals surface area contributed by atoms with Crippen LogP contribution < -0.4 is 0 Å². The Morgan fingerprint density at radius 2 is 1.93 bits per heavy atom. The van der Waals surface area contributed by atoms with Gasteiger partial charge in [0.25, 0.3) is 0 Å². The predicted octanol–water partition coefficient (Wildman–Crippen LogP) is 3.54. The topological polar surface area (TPSA) is 12.5 Å². The molecule has 1 aromatic rings. The summed E-state index contributed by atoms with van der Waals surface area (Å²) >= 11 is 3.05. The molecule has 0 aliphatic carbocycles. The van der Waals surface area contributed by atoms with Crippen molar-refractivity contribution in [2.45, 2.75) is 12.3 Å². The van der Waals surface area contributed by atoms with Crippen LogP contribution in [0.2, 0.25) is 0 Å². The molecule has 2 rings (SSSR count). The molecule has 0 amide bonds. The molecule has 1 nitrogen and oxygen atoms in total. The minimum atomic E-state index is -4.30. The van der Waals surface area contributed by atoms with Crippen molar-refractivity contribution in [3.05, 3.63) is 33.8 Å². The van der Waals surface area contributed by atoms with Crippen molar-refractivity contribution in [2.24, 2.45) is 0 Å². The maximum Gasteiger partial charge on any atom is 0.416 e. The third-order valence-electron chi connectivity index (χ3n) is 1.95. The summed E-state index contributed by atoms with van der Waals surface area (Å²) in [5.74, 6) is 0. The molecule has 0 unspecified atom stereocenters. The second-order valence-corrected chi connectivity index (χ2v) is 4.01. The lowest BCUT2D eigenvalue weighted by atomic mass is 10.1. The number of halogens is 4. The summed E-state index contributed by atoms with van der Waals surface area (Å²) in [6.07, 6.45) is -4.46. The number of epoxide rings is 1. The maximum absolute atomic E-state index is 12.4. The van der Waals surface area contributed by atoms with Crippen molar-refractivity contribution >= 4 is 15.9 Å². The minimum absolute atomic E-state index is 0.159. The molecule has 1 aliphatic heterocycles. The Morgan fingerprint density at radius 1 is 1.29 bits per heavy atom. The highest BCUT2D eigenvalue weighted by Gasteiger charge is 2.33. The molecule has 1 aliphatic rings. The lowest BCUT2D eigenvalue weighted by Gasteiger charge is -2.08. The van der Waals surface area contributed by atoms with Gasteiger partial charge in [0.15, 0.2) is 0 Å². The molecule has 0 N–H and O–H groups in total. The third kappa shape index (κ3) is 2.09. The second-order valence-electron chi connectivity index (χ2n) is 3.09. The highest BCUT2D eigenvalue weighted by Crippen LogP contribution is 2.37. The van der Waals surface area contributed by atoms with Gasteiger partial charge in [-0.15, -0.1) is 0 Å². The molecular formula is C9H6BrF3O. The van der Waals surface area contributed by atoms with Crippen molar-refractivity contribution in [1.29, 1.82) is 0 Å². The molecule has 1 heterocycles. The molecule has 1 fully saturated rings. The Bertz CT molecular complexity index is 358. The predicted molar refractivity (Wildman–Crippen MR) is 47.8 cm³/mol. The lowest BCUT2D eigenvalue weighted by Crippen LogP contribution is -2.05. The fourth-order valence-corrected chi connectivity index (χ4v) is 1.71. The average Bonchev–Trinajstić information content (AvgIpc) is 2.83. The molecule has 0 spiro atoms. The summed E-state index contributed by atoms with van der Waals surface area (Å²) in [4.78, 5) is 0. The van der Waals surface area contributed by atoms with Crippen LogP contribution in [-0.2, 0) is 10.9 Å². The van der Waals surface area contributed by atoms with Crippen molar-refractivity contribution in [1.82, 2.24) is 0 Å². The fraction of sp³-hybridized carbons (Fsp3) is 0.333. The summed E-state index contributed by atoms with van der Waals surface area (Å²) in [5.41, 5.74) is -0.0657. The van der Waals surface area contributed by atoms with Crippen LogP contribution in [0, 0.1) is 0 Å². The quantitative estimate of drug-likeness (QED) is 0.709. The minimum Gasteiger partial charge on any atom is -0.368 e. The Kier molecular flexibility index (Phi) is 2.31. The van der Waals surface area contributed by atoms with Crippen molar-refractivity contribution < 1.29 is 17.9 Å². The van der Waals surface area contributed by atoms with E-state index in [4.69, 9.17) is 4.74 Å². The van der Waals surface area contributed by atoms with Crippen molar-refractivity contribution in [2.75, 3.05) is 6.61 Å². The Balaban J connectivity index is 2.41. The zero-order valence-electron chi connectivity index (χ0n) is 6.94. The van der Waals surface area contributed by atoms with Crippen LogP contribution in [0.1, 0.15) is 17.2 Å². The van der Waals surface area contributed by atoms with E-state index in [2.05, 4.69) is 15.9 Å². The first kappa shape index (κ1) is 9.98. The molecule has 0 aromatic heterocycles. The van der Waals surface area contributed by atoms with E-state index >= 15 is 0 Å². The normalized spacial score (nSPS) is 21.0. The van der Waals surface area contributed by atoms with E-state index in [1.807, 2.05) is 0 Å². The smallest absolute Gasteiger partial charge is 0.368 e. The first-order chi connectivity index (χ1) is 6.47. The molecule has 0 radical (unpaired) electrons. The number of benzene rings is 1. The summed E-state index contributed by atoms with van der Waals surface area (Å²) in [6, 6.07) is 3.83. The van der Waals surface area contributed by atoms with E-state index in [0.717, 1.165) is 12.1 Å². The van der Waals surface area contributed by atoms with Crippen LogP contribution in [0.3, 0.4) is 0 Å². The Morgan fingerprint density at radius 3 is 2.43 bits per heavy atom. The van der Waals surface area contributed by atoms with Crippen molar-refractivity contribution in [3.63, 3.8) is 0 Å². The first-order valence-electron chi connectivity index (χ1n) is 3.96. The maximum atomic E-state index is 12.4. The molecule has 1 aromatic carbocycles. The molecule has 1 saturated heterocycles. The highest BCUT2D eigenvalue weighted by atomic mass is 79.9. The van der Waals surface area contributed by atoms with Gasteiger partial charge >= 0.3 is 6.18 Å². The lowest BCUT2D eigenvalue weighted by molar-refractivity contribution is -0.137. The van der Waals surface area contributed by atoms with E-state index in [0.29, 0.717) is 16.6 Å². The second kappa shape index (κ2) is 3.24. The molecule has 14 heavy (non-hydrogen) atoms. The van der Waals surface area contributed by atoms with Crippen LogP contribution in [0.4, 0.5) is 13.2 Å². The summed E-state index contributed by atoms with van der Waals surface area (Å²) < 4.78 is 42.5. The summed E-state index contributed by atoms with van der Waals surface area (Å²) in [6.45, 7) is 0.508. The monoisotopic (exact) mass is 266 g/mol. The van der Waals surface area contributed by atoms with Gasteiger partial charge in [0.05, 0.1) is 12.2 Å². The van der Waals surface area contributed by atoms with Crippen LogP contribution in [-0.4, -0.2) is 6.61 Å². The van der Waals surface area contributed by atoms with Crippen LogP contribution in [0.15, 0.2) is 22.7 Å².